The summed E-state index contributed by atoms with van der Waals surface area (Å²) < 4.78 is 2.15. The zero-order valence-corrected chi connectivity index (χ0v) is 20.6. The number of hydrogen-bond acceptors (Lipinski definition) is 4. The smallest absolute Gasteiger partial charge is 0.174 e. The minimum Gasteiger partial charge on any atom is -0.506 e. The average molecular weight is 490 g/mol. The van der Waals surface area contributed by atoms with Crippen LogP contribution in [0.2, 0.25) is 5.02 Å². The van der Waals surface area contributed by atoms with Gasteiger partial charge in [0.25, 0.3) is 0 Å². The third kappa shape index (κ3) is 3.81. The van der Waals surface area contributed by atoms with E-state index in [0.717, 1.165) is 34.0 Å². The average Bonchev–Trinajstić information content (AvgIpc) is 3.31. The Hall–Kier alpha value is -3.42. The number of rotatable bonds is 4. The van der Waals surface area contributed by atoms with Crippen LogP contribution in [0.15, 0.2) is 67.0 Å². The van der Waals surface area contributed by atoms with Gasteiger partial charge in [0.1, 0.15) is 11.6 Å². The highest BCUT2D eigenvalue weighted by molar-refractivity contribution is 7.80. The molecule has 1 saturated heterocycles. The molecule has 8 heteroatoms. The van der Waals surface area contributed by atoms with Crippen molar-refractivity contribution in [1.29, 1.82) is 0 Å². The molecule has 0 saturated carbocycles. The van der Waals surface area contributed by atoms with E-state index in [0.29, 0.717) is 15.8 Å². The minimum atomic E-state index is -0.267. The Morgan fingerprint density at radius 3 is 2.56 bits per heavy atom. The van der Waals surface area contributed by atoms with Crippen LogP contribution in [-0.2, 0) is 0 Å². The van der Waals surface area contributed by atoms with Crippen molar-refractivity contribution in [2.24, 2.45) is 0 Å². The Bertz CT molecular complexity index is 1390. The largest absolute Gasteiger partial charge is 0.506 e. The molecule has 3 aromatic heterocycles. The molecule has 0 aliphatic carbocycles. The predicted octanol–water partition coefficient (Wildman–Crippen LogP) is 5.73. The molecule has 0 radical (unpaired) electrons. The molecule has 1 aromatic carbocycles. The molecular weight excluding hydrogens is 466 g/mol. The van der Waals surface area contributed by atoms with Gasteiger partial charge < -0.3 is 19.9 Å². The van der Waals surface area contributed by atoms with Gasteiger partial charge in [-0.3, -0.25) is 4.98 Å². The molecule has 34 heavy (non-hydrogen) atoms. The van der Waals surface area contributed by atoms with Crippen molar-refractivity contribution in [1.82, 2.24) is 19.9 Å². The summed E-state index contributed by atoms with van der Waals surface area (Å²) in [5.41, 5.74) is 5.70. The van der Waals surface area contributed by atoms with E-state index in [1.165, 1.54) is 0 Å². The van der Waals surface area contributed by atoms with Gasteiger partial charge in [0.2, 0.25) is 0 Å². The number of thiocarbonyl (C=S) groups is 1. The number of phenols is 1. The third-order valence-electron chi connectivity index (χ3n) is 6.21. The Morgan fingerprint density at radius 2 is 1.82 bits per heavy atom. The first-order valence-corrected chi connectivity index (χ1v) is 11.7. The second kappa shape index (κ2) is 8.74. The Balaban J connectivity index is 1.71. The van der Waals surface area contributed by atoms with Crippen LogP contribution in [0.5, 0.6) is 5.75 Å². The maximum atomic E-state index is 10.8. The number of phenolic OH excluding ortho intramolecular Hbond substituents is 1. The molecule has 2 N–H and O–H groups in total. The Morgan fingerprint density at radius 1 is 1.00 bits per heavy atom. The number of aromatic nitrogens is 3. The van der Waals surface area contributed by atoms with Gasteiger partial charge in [-0.1, -0.05) is 17.7 Å². The molecule has 2 atom stereocenters. The number of benzene rings is 1. The lowest BCUT2D eigenvalue weighted by atomic mass is 9.96. The normalized spacial score (nSPS) is 17.8. The number of pyridine rings is 2. The lowest BCUT2D eigenvalue weighted by Crippen LogP contribution is -2.29. The van der Waals surface area contributed by atoms with Crippen molar-refractivity contribution in [2.45, 2.75) is 32.9 Å². The number of aromatic hydroxyl groups is 1. The van der Waals surface area contributed by atoms with E-state index >= 15 is 0 Å². The van der Waals surface area contributed by atoms with E-state index in [2.05, 4.69) is 52.8 Å². The summed E-state index contributed by atoms with van der Waals surface area (Å²) >= 11 is 12.1. The van der Waals surface area contributed by atoms with E-state index in [-0.39, 0.29) is 17.8 Å². The fourth-order valence-electron chi connectivity index (χ4n) is 4.70. The SMILES string of the molecule is Cc1ccnc(-n2c(C)cc([C@H]3[C@@H](c4ccccn4)NC(=S)N3c3cc(Cl)ccc3O)c2C)c1. The van der Waals surface area contributed by atoms with E-state index in [9.17, 15) is 5.11 Å². The van der Waals surface area contributed by atoms with Crippen LogP contribution in [-0.4, -0.2) is 24.8 Å². The maximum absolute atomic E-state index is 10.8. The van der Waals surface area contributed by atoms with E-state index in [1.54, 1.807) is 24.4 Å². The summed E-state index contributed by atoms with van der Waals surface area (Å²) in [5.74, 6) is 0.968. The quantitative estimate of drug-likeness (QED) is 0.357. The summed E-state index contributed by atoms with van der Waals surface area (Å²) in [6, 6.07) is 16.5. The van der Waals surface area contributed by atoms with Crippen LogP contribution >= 0.6 is 23.8 Å². The third-order valence-corrected chi connectivity index (χ3v) is 6.76. The van der Waals surface area contributed by atoms with Gasteiger partial charge in [-0.15, -0.1) is 0 Å². The Kier molecular flexibility index (Phi) is 5.75. The maximum Gasteiger partial charge on any atom is 0.174 e. The van der Waals surface area contributed by atoms with Crippen LogP contribution in [0.3, 0.4) is 0 Å². The summed E-state index contributed by atoms with van der Waals surface area (Å²) in [4.78, 5) is 11.2. The number of anilines is 1. The zero-order valence-electron chi connectivity index (χ0n) is 19.0. The van der Waals surface area contributed by atoms with Crippen molar-refractivity contribution in [3.63, 3.8) is 0 Å². The fraction of sp³-hybridized carbons (Fsp3) is 0.192. The van der Waals surface area contributed by atoms with Gasteiger partial charge in [-0.25, -0.2) is 4.98 Å². The van der Waals surface area contributed by atoms with Crippen molar-refractivity contribution >= 4 is 34.6 Å². The molecule has 4 heterocycles. The standard InChI is InChI=1S/C26H24ClN5OS/c1-15-9-11-29-23(12-15)31-16(2)13-19(17(31)3)25-24(20-6-4-5-10-28-20)30-26(34)32(25)21-14-18(27)7-8-22(21)33/h4-14,24-25,33H,1-3H3,(H,30,34)/t24-,25+/m1/s1. The van der Waals surface area contributed by atoms with Gasteiger partial charge >= 0.3 is 0 Å². The highest BCUT2D eigenvalue weighted by Gasteiger charge is 2.43. The molecule has 1 fully saturated rings. The molecule has 6 nitrogen and oxygen atoms in total. The van der Waals surface area contributed by atoms with Crippen LogP contribution in [0.4, 0.5) is 5.69 Å². The van der Waals surface area contributed by atoms with Gasteiger partial charge in [0.15, 0.2) is 5.11 Å². The first-order valence-electron chi connectivity index (χ1n) is 11.0. The van der Waals surface area contributed by atoms with Gasteiger partial charge in [-0.2, -0.15) is 0 Å². The molecule has 4 aromatic rings. The van der Waals surface area contributed by atoms with Crippen molar-refractivity contribution < 1.29 is 5.11 Å². The number of hydrogen-bond donors (Lipinski definition) is 2. The summed E-state index contributed by atoms with van der Waals surface area (Å²) in [6.07, 6.45) is 3.60. The molecular formula is C26H24ClN5OS. The van der Waals surface area contributed by atoms with E-state index in [4.69, 9.17) is 23.8 Å². The topological polar surface area (TPSA) is 66.2 Å². The highest BCUT2D eigenvalue weighted by Crippen LogP contribution is 2.46. The number of nitrogens with one attached hydrogen (secondary N) is 1. The molecule has 0 amide bonds. The predicted molar refractivity (Wildman–Crippen MR) is 139 cm³/mol. The molecule has 0 spiro atoms. The van der Waals surface area contributed by atoms with E-state index in [1.807, 2.05) is 35.4 Å². The first kappa shape index (κ1) is 22.4. The lowest BCUT2D eigenvalue weighted by Gasteiger charge is -2.28. The molecule has 0 unspecified atom stereocenters. The van der Waals surface area contributed by atoms with Crippen molar-refractivity contribution in [2.75, 3.05) is 4.90 Å². The second-order valence-electron chi connectivity index (χ2n) is 8.48. The highest BCUT2D eigenvalue weighted by atomic mass is 35.5. The van der Waals surface area contributed by atoms with Crippen LogP contribution in [0, 0.1) is 20.8 Å². The second-order valence-corrected chi connectivity index (χ2v) is 9.31. The summed E-state index contributed by atoms with van der Waals surface area (Å²) in [6.45, 7) is 6.21. The monoisotopic (exact) mass is 489 g/mol. The minimum absolute atomic E-state index is 0.106. The fourth-order valence-corrected chi connectivity index (χ4v) is 5.21. The van der Waals surface area contributed by atoms with Crippen LogP contribution < -0.4 is 10.2 Å². The zero-order chi connectivity index (χ0) is 24.0. The molecule has 1 aliphatic rings. The number of nitrogens with zero attached hydrogens (tertiary/aromatic N) is 4. The number of aryl methyl sites for hydroxylation is 2. The lowest BCUT2D eigenvalue weighted by molar-refractivity contribution is 0.472. The molecule has 0 bridgehead atoms. The van der Waals surface area contributed by atoms with Gasteiger partial charge in [0.05, 0.1) is 23.5 Å². The number of halogens is 1. The van der Waals surface area contributed by atoms with Crippen molar-refractivity contribution in [3.05, 3.63) is 100 Å². The van der Waals surface area contributed by atoms with Gasteiger partial charge in [-0.05, 0) is 92.6 Å². The molecule has 172 valence electrons. The van der Waals surface area contributed by atoms with Crippen molar-refractivity contribution in [3.8, 4) is 11.6 Å². The van der Waals surface area contributed by atoms with E-state index < -0.39 is 0 Å². The molecule has 1 aliphatic heterocycles. The first-order chi connectivity index (χ1) is 16.3. The summed E-state index contributed by atoms with van der Waals surface area (Å²) in [5, 5.41) is 15.2. The van der Waals surface area contributed by atoms with Gasteiger partial charge in [0, 0.05) is 28.8 Å². The van der Waals surface area contributed by atoms with Crippen LogP contribution in [0.25, 0.3) is 5.82 Å². The summed E-state index contributed by atoms with van der Waals surface area (Å²) in [7, 11) is 0. The Labute approximate surface area is 208 Å². The molecule has 5 rings (SSSR count). The van der Waals surface area contributed by atoms with Crippen LogP contribution in [0.1, 0.15) is 40.3 Å².